The molecule has 24 heavy (non-hydrogen) atoms. The third-order valence-electron chi connectivity index (χ3n) is 3.93. The molecule has 0 radical (unpaired) electrons. The first-order valence-electron chi connectivity index (χ1n) is 7.70. The number of nitrogens with zero attached hydrogens (tertiary/aromatic N) is 1. The van der Waals surface area contributed by atoms with Crippen molar-refractivity contribution in [3.63, 3.8) is 0 Å². The zero-order valence-electron chi connectivity index (χ0n) is 13.7. The van der Waals surface area contributed by atoms with Crippen molar-refractivity contribution < 1.29 is 21.6 Å². The van der Waals surface area contributed by atoms with Crippen LogP contribution in [0.25, 0.3) is 0 Å². The lowest BCUT2D eigenvalue weighted by Crippen LogP contribution is -2.44. The van der Waals surface area contributed by atoms with E-state index in [0.29, 0.717) is 6.42 Å². The van der Waals surface area contributed by atoms with E-state index in [9.17, 15) is 21.6 Å². The molecule has 2 rings (SSSR count). The highest BCUT2D eigenvalue weighted by atomic mass is 32.2. The van der Waals surface area contributed by atoms with Crippen LogP contribution in [0.2, 0.25) is 0 Å². The fourth-order valence-corrected chi connectivity index (χ4v) is 5.65. The van der Waals surface area contributed by atoms with Crippen LogP contribution in [0.1, 0.15) is 18.9 Å². The molecule has 1 fully saturated rings. The van der Waals surface area contributed by atoms with Gasteiger partial charge in [0.15, 0.2) is 9.84 Å². The van der Waals surface area contributed by atoms with Gasteiger partial charge in [0.1, 0.15) is 0 Å². The minimum Gasteiger partial charge on any atom is -0.351 e. The van der Waals surface area contributed by atoms with Crippen LogP contribution in [0.3, 0.4) is 0 Å². The Hall–Kier alpha value is -1.45. The number of nitrogens with one attached hydrogen (secondary N) is 1. The number of hydrogen-bond donors (Lipinski definition) is 1. The number of sulfone groups is 1. The molecule has 1 aromatic carbocycles. The van der Waals surface area contributed by atoms with E-state index in [-0.39, 0.29) is 29.5 Å². The summed E-state index contributed by atoms with van der Waals surface area (Å²) in [4.78, 5) is 12.2. The summed E-state index contributed by atoms with van der Waals surface area (Å²) < 4.78 is 49.1. The predicted molar refractivity (Wildman–Crippen MR) is 90.8 cm³/mol. The lowest BCUT2D eigenvalue weighted by atomic mass is 10.2. The highest BCUT2D eigenvalue weighted by Gasteiger charge is 2.30. The van der Waals surface area contributed by atoms with E-state index in [4.69, 9.17) is 0 Å². The monoisotopic (exact) mass is 374 g/mol. The molecule has 0 saturated carbocycles. The summed E-state index contributed by atoms with van der Waals surface area (Å²) in [7, 11) is -6.86. The van der Waals surface area contributed by atoms with Crippen LogP contribution in [-0.4, -0.2) is 57.7 Å². The summed E-state index contributed by atoms with van der Waals surface area (Å²) in [6.45, 7) is 3.33. The van der Waals surface area contributed by atoms with Crippen LogP contribution >= 0.6 is 0 Å². The van der Waals surface area contributed by atoms with Crippen molar-refractivity contribution in [2.75, 3.05) is 24.6 Å². The Morgan fingerprint density at radius 2 is 1.92 bits per heavy atom. The molecule has 1 amide bonds. The van der Waals surface area contributed by atoms with E-state index in [2.05, 4.69) is 5.32 Å². The smallest absolute Gasteiger partial charge is 0.243 e. The van der Waals surface area contributed by atoms with Gasteiger partial charge in [0.25, 0.3) is 0 Å². The zero-order chi connectivity index (χ0) is 18.0. The SMILES string of the molecule is CCN(CC(=O)NC1CCS(=O)(=O)C1)S(=O)(=O)c1ccc(C)cc1. The first kappa shape index (κ1) is 18.9. The van der Waals surface area contributed by atoms with Gasteiger partial charge in [-0.3, -0.25) is 4.79 Å². The van der Waals surface area contributed by atoms with Crippen LogP contribution in [0.4, 0.5) is 0 Å². The molecule has 1 aliphatic heterocycles. The van der Waals surface area contributed by atoms with Crippen molar-refractivity contribution in [2.45, 2.75) is 31.2 Å². The second-order valence-corrected chi connectivity index (χ2v) is 10.1. The van der Waals surface area contributed by atoms with Gasteiger partial charge in [0.2, 0.25) is 15.9 Å². The Bertz CT molecular complexity index is 801. The van der Waals surface area contributed by atoms with E-state index in [1.807, 2.05) is 6.92 Å². The van der Waals surface area contributed by atoms with Crippen LogP contribution in [0.15, 0.2) is 29.2 Å². The summed E-state index contributed by atoms with van der Waals surface area (Å²) >= 11 is 0. The van der Waals surface area contributed by atoms with E-state index in [1.165, 1.54) is 12.1 Å². The second-order valence-electron chi connectivity index (χ2n) is 5.91. The minimum atomic E-state index is -3.77. The molecule has 1 atom stereocenters. The number of rotatable bonds is 6. The molecule has 0 bridgehead atoms. The van der Waals surface area contributed by atoms with Gasteiger partial charge in [-0.05, 0) is 25.5 Å². The van der Waals surface area contributed by atoms with Crippen LogP contribution in [-0.2, 0) is 24.7 Å². The topological polar surface area (TPSA) is 101 Å². The van der Waals surface area contributed by atoms with Gasteiger partial charge >= 0.3 is 0 Å². The van der Waals surface area contributed by atoms with Crippen molar-refractivity contribution in [3.05, 3.63) is 29.8 Å². The van der Waals surface area contributed by atoms with Gasteiger partial charge in [0, 0.05) is 12.6 Å². The quantitative estimate of drug-likeness (QED) is 0.772. The Morgan fingerprint density at radius 3 is 2.42 bits per heavy atom. The largest absolute Gasteiger partial charge is 0.351 e. The van der Waals surface area contributed by atoms with Crippen molar-refractivity contribution in [2.24, 2.45) is 0 Å². The lowest BCUT2D eigenvalue weighted by Gasteiger charge is -2.21. The summed E-state index contributed by atoms with van der Waals surface area (Å²) in [6, 6.07) is 5.97. The average molecular weight is 374 g/mol. The highest BCUT2D eigenvalue weighted by Crippen LogP contribution is 2.16. The number of amides is 1. The molecule has 1 saturated heterocycles. The molecule has 9 heteroatoms. The Balaban J connectivity index is 2.05. The fraction of sp³-hybridized carbons (Fsp3) is 0.533. The van der Waals surface area contributed by atoms with Gasteiger partial charge < -0.3 is 5.32 Å². The number of carbonyl (C=O) groups is 1. The van der Waals surface area contributed by atoms with Gasteiger partial charge in [-0.15, -0.1) is 0 Å². The van der Waals surface area contributed by atoms with Gasteiger partial charge in [-0.25, -0.2) is 16.8 Å². The number of aryl methyl sites for hydroxylation is 1. The van der Waals surface area contributed by atoms with E-state index in [1.54, 1.807) is 19.1 Å². The molecular formula is C15H22N2O5S2. The van der Waals surface area contributed by atoms with Crippen molar-refractivity contribution in [1.29, 1.82) is 0 Å². The van der Waals surface area contributed by atoms with Crippen molar-refractivity contribution in [1.82, 2.24) is 9.62 Å². The third-order valence-corrected chi connectivity index (χ3v) is 7.63. The maximum absolute atomic E-state index is 12.6. The summed E-state index contributed by atoms with van der Waals surface area (Å²) in [6.07, 6.45) is 0.366. The van der Waals surface area contributed by atoms with Gasteiger partial charge in [-0.2, -0.15) is 4.31 Å². The van der Waals surface area contributed by atoms with Crippen LogP contribution in [0.5, 0.6) is 0 Å². The molecule has 1 unspecified atom stereocenters. The molecule has 1 N–H and O–H groups in total. The highest BCUT2D eigenvalue weighted by molar-refractivity contribution is 7.91. The first-order chi connectivity index (χ1) is 11.1. The maximum Gasteiger partial charge on any atom is 0.243 e. The van der Waals surface area contributed by atoms with Crippen LogP contribution < -0.4 is 5.32 Å². The molecule has 1 aliphatic rings. The molecular weight excluding hydrogens is 352 g/mol. The predicted octanol–water partition coefficient (Wildman–Crippen LogP) is 0.309. The summed E-state index contributed by atoms with van der Waals surface area (Å²) in [5.41, 5.74) is 0.942. The van der Waals surface area contributed by atoms with Crippen LogP contribution in [0, 0.1) is 6.92 Å². The Labute approximate surface area is 143 Å². The van der Waals surface area contributed by atoms with Crippen molar-refractivity contribution in [3.8, 4) is 0 Å². The summed E-state index contributed by atoms with van der Waals surface area (Å²) in [5, 5.41) is 2.61. The molecule has 0 spiro atoms. The minimum absolute atomic E-state index is 0.0527. The lowest BCUT2D eigenvalue weighted by molar-refractivity contribution is -0.121. The zero-order valence-corrected chi connectivity index (χ0v) is 15.4. The number of benzene rings is 1. The van der Waals surface area contributed by atoms with E-state index >= 15 is 0 Å². The molecule has 7 nitrogen and oxygen atoms in total. The van der Waals surface area contributed by atoms with Gasteiger partial charge in [0.05, 0.1) is 22.9 Å². The standard InChI is InChI=1S/C15H22N2O5S2/c1-3-17(24(21,22)14-6-4-12(2)5-7-14)10-15(18)16-13-8-9-23(19,20)11-13/h4-7,13H,3,8-11H2,1-2H3,(H,16,18). The number of hydrogen-bond acceptors (Lipinski definition) is 5. The van der Waals surface area contributed by atoms with E-state index in [0.717, 1.165) is 9.87 Å². The third kappa shape index (κ3) is 4.55. The second kappa shape index (κ2) is 7.20. The first-order valence-corrected chi connectivity index (χ1v) is 11.0. The Kier molecular flexibility index (Phi) is 5.67. The molecule has 134 valence electrons. The number of sulfonamides is 1. The molecule has 0 aromatic heterocycles. The fourth-order valence-electron chi connectivity index (χ4n) is 2.57. The van der Waals surface area contributed by atoms with Gasteiger partial charge in [-0.1, -0.05) is 24.6 Å². The number of likely N-dealkylation sites (N-methyl/N-ethyl adjacent to an activating group) is 1. The average Bonchev–Trinajstić information content (AvgIpc) is 2.83. The normalized spacial score (nSPS) is 20.2. The Morgan fingerprint density at radius 1 is 1.29 bits per heavy atom. The van der Waals surface area contributed by atoms with E-state index < -0.39 is 31.8 Å². The molecule has 1 heterocycles. The molecule has 0 aliphatic carbocycles. The summed E-state index contributed by atoms with van der Waals surface area (Å²) in [5.74, 6) is -0.526. The molecule has 1 aromatic rings. The maximum atomic E-state index is 12.6. The van der Waals surface area contributed by atoms with Crippen molar-refractivity contribution >= 4 is 25.8 Å². The number of carbonyl (C=O) groups excluding carboxylic acids is 1.